The van der Waals surface area contributed by atoms with Gasteiger partial charge in [-0.15, -0.1) is 0 Å². The lowest BCUT2D eigenvalue weighted by Gasteiger charge is -2.25. The monoisotopic (exact) mass is 224 g/mol. The second kappa shape index (κ2) is 4.86. The van der Waals surface area contributed by atoms with Gasteiger partial charge in [0, 0.05) is 0 Å². The maximum Gasteiger partial charge on any atom is 0.402 e. The molecule has 1 saturated carbocycles. The van der Waals surface area contributed by atoms with E-state index >= 15 is 0 Å². The summed E-state index contributed by atoms with van der Waals surface area (Å²) >= 11 is 0. The minimum absolute atomic E-state index is 0.0681. The Morgan fingerprint density at radius 2 is 1.80 bits per heavy atom. The van der Waals surface area contributed by atoms with Crippen molar-refractivity contribution in [2.45, 2.75) is 44.7 Å². The molecule has 0 aliphatic heterocycles. The Hall–Kier alpha value is -0.740. The SMILES string of the molecule is O=C(O)C(CC1CCCCC1)C(F)(F)F. The molecule has 0 aromatic heterocycles. The third kappa shape index (κ3) is 3.72. The fourth-order valence-electron chi connectivity index (χ4n) is 2.13. The molecule has 5 heteroatoms. The first kappa shape index (κ1) is 12.3. The molecule has 0 radical (unpaired) electrons. The van der Waals surface area contributed by atoms with Crippen LogP contribution in [0.1, 0.15) is 38.5 Å². The lowest BCUT2D eigenvalue weighted by Crippen LogP contribution is -2.32. The standard InChI is InChI=1S/C10H15F3O2/c11-10(12,13)8(9(14)15)6-7-4-2-1-3-5-7/h7-8H,1-6H2,(H,14,15). The number of carbonyl (C=O) groups is 1. The average Bonchev–Trinajstić information content (AvgIpc) is 2.13. The third-order valence-corrected chi connectivity index (χ3v) is 2.99. The fraction of sp³-hybridized carbons (Fsp3) is 0.900. The Labute approximate surface area is 86.5 Å². The Morgan fingerprint density at radius 1 is 1.27 bits per heavy atom. The second-order valence-electron chi connectivity index (χ2n) is 4.17. The molecule has 1 N–H and O–H groups in total. The number of hydrogen-bond donors (Lipinski definition) is 1. The lowest BCUT2D eigenvalue weighted by molar-refractivity contribution is -0.197. The molecule has 1 fully saturated rings. The fourth-order valence-corrected chi connectivity index (χ4v) is 2.13. The molecule has 15 heavy (non-hydrogen) atoms. The van der Waals surface area contributed by atoms with E-state index in [0.717, 1.165) is 32.1 Å². The van der Waals surface area contributed by atoms with E-state index in [1.54, 1.807) is 0 Å². The smallest absolute Gasteiger partial charge is 0.402 e. The van der Waals surface area contributed by atoms with E-state index < -0.39 is 18.1 Å². The Kier molecular flexibility index (Phi) is 3.99. The van der Waals surface area contributed by atoms with E-state index in [2.05, 4.69) is 0 Å². The van der Waals surface area contributed by atoms with Crippen LogP contribution < -0.4 is 0 Å². The number of carboxylic acid groups (broad SMARTS) is 1. The molecule has 1 aliphatic carbocycles. The first-order valence-corrected chi connectivity index (χ1v) is 5.21. The summed E-state index contributed by atoms with van der Waals surface area (Å²) < 4.78 is 37.0. The first-order chi connectivity index (χ1) is 6.91. The molecule has 88 valence electrons. The van der Waals surface area contributed by atoms with Crippen molar-refractivity contribution in [2.24, 2.45) is 11.8 Å². The van der Waals surface area contributed by atoms with Gasteiger partial charge in [-0.05, 0) is 12.3 Å². The number of halogens is 3. The predicted molar refractivity (Wildman–Crippen MR) is 48.4 cm³/mol. The Bertz CT molecular complexity index is 219. The van der Waals surface area contributed by atoms with E-state index in [-0.39, 0.29) is 12.3 Å². The second-order valence-corrected chi connectivity index (χ2v) is 4.17. The normalized spacial score (nSPS) is 21.3. The van der Waals surface area contributed by atoms with Crippen LogP contribution in [0.25, 0.3) is 0 Å². The van der Waals surface area contributed by atoms with Gasteiger partial charge in [0.25, 0.3) is 0 Å². The number of rotatable bonds is 3. The zero-order valence-corrected chi connectivity index (χ0v) is 8.39. The van der Waals surface area contributed by atoms with Crippen LogP contribution in [0.4, 0.5) is 13.2 Å². The van der Waals surface area contributed by atoms with Crippen LogP contribution in [0, 0.1) is 11.8 Å². The van der Waals surface area contributed by atoms with Crippen molar-refractivity contribution in [3.63, 3.8) is 0 Å². The molecule has 1 rings (SSSR count). The van der Waals surface area contributed by atoms with Gasteiger partial charge < -0.3 is 5.11 Å². The summed E-state index contributed by atoms with van der Waals surface area (Å²) in [5, 5.41) is 8.52. The van der Waals surface area contributed by atoms with E-state index in [9.17, 15) is 18.0 Å². The van der Waals surface area contributed by atoms with E-state index in [0.29, 0.717) is 0 Å². The van der Waals surface area contributed by atoms with Crippen LogP contribution in [0.3, 0.4) is 0 Å². The number of carboxylic acids is 1. The van der Waals surface area contributed by atoms with Crippen molar-refractivity contribution >= 4 is 5.97 Å². The van der Waals surface area contributed by atoms with Crippen LogP contribution >= 0.6 is 0 Å². The quantitative estimate of drug-likeness (QED) is 0.799. The molecule has 1 unspecified atom stereocenters. The zero-order valence-electron chi connectivity index (χ0n) is 8.39. The van der Waals surface area contributed by atoms with Gasteiger partial charge in [0.2, 0.25) is 0 Å². The van der Waals surface area contributed by atoms with Crippen LogP contribution in [-0.4, -0.2) is 17.3 Å². The summed E-state index contributed by atoms with van der Waals surface area (Å²) in [6.45, 7) is 0. The number of alkyl halides is 3. The summed E-state index contributed by atoms with van der Waals surface area (Å²) in [5.41, 5.74) is 0. The molecule has 1 atom stereocenters. The summed E-state index contributed by atoms with van der Waals surface area (Å²) in [6, 6.07) is 0. The maximum atomic E-state index is 12.3. The topological polar surface area (TPSA) is 37.3 Å². The number of hydrogen-bond acceptors (Lipinski definition) is 1. The van der Waals surface area contributed by atoms with E-state index in [1.807, 2.05) is 0 Å². The zero-order chi connectivity index (χ0) is 11.5. The summed E-state index contributed by atoms with van der Waals surface area (Å²) in [7, 11) is 0. The van der Waals surface area contributed by atoms with Crippen molar-refractivity contribution in [3.8, 4) is 0 Å². The first-order valence-electron chi connectivity index (χ1n) is 5.21. The van der Waals surface area contributed by atoms with E-state index in [4.69, 9.17) is 5.11 Å². The van der Waals surface area contributed by atoms with Crippen molar-refractivity contribution < 1.29 is 23.1 Å². The third-order valence-electron chi connectivity index (χ3n) is 2.99. The van der Waals surface area contributed by atoms with Crippen molar-refractivity contribution in [3.05, 3.63) is 0 Å². The van der Waals surface area contributed by atoms with Crippen LogP contribution in [0.5, 0.6) is 0 Å². The van der Waals surface area contributed by atoms with Crippen LogP contribution in [-0.2, 0) is 4.79 Å². The molecule has 0 spiro atoms. The van der Waals surface area contributed by atoms with Gasteiger partial charge in [0.05, 0.1) is 0 Å². The van der Waals surface area contributed by atoms with Gasteiger partial charge in [-0.2, -0.15) is 13.2 Å². The summed E-state index contributed by atoms with van der Waals surface area (Å²) in [4.78, 5) is 10.5. The summed E-state index contributed by atoms with van der Waals surface area (Å²) in [6.07, 6.45) is -0.480. The van der Waals surface area contributed by atoms with Crippen LogP contribution in [0.2, 0.25) is 0 Å². The Morgan fingerprint density at radius 3 is 2.20 bits per heavy atom. The summed E-state index contributed by atoms with van der Waals surface area (Å²) in [5.74, 6) is -3.99. The minimum Gasteiger partial charge on any atom is -0.481 e. The minimum atomic E-state index is -4.61. The molecular formula is C10H15F3O2. The molecule has 0 amide bonds. The van der Waals surface area contributed by atoms with Gasteiger partial charge in [-0.25, -0.2) is 0 Å². The van der Waals surface area contributed by atoms with Gasteiger partial charge in [-0.3, -0.25) is 4.79 Å². The molecule has 0 saturated heterocycles. The highest BCUT2D eigenvalue weighted by Gasteiger charge is 2.45. The average molecular weight is 224 g/mol. The molecule has 0 bridgehead atoms. The maximum absolute atomic E-state index is 12.3. The van der Waals surface area contributed by atoms with Gasteiger partial charge in [0.1, 0.15) is 0 Å². The molecule has 0 heterocycles. The molecule has 2 nitrogen and oxygen atoms in total. The highest BCUT2D eigenvalue weighted by atomic mass is 19.4. The molecule has 0 aromatic rings. The van der Waals surface area contributed by atoms with Crippen LogP contribution in [0.15, 0.2) is 0 Å². The van der Waals surface area contributed by atoms with Crippen molar-refractivity contribution in [2.75, 3.05) is 0 Å². The highest BCUT2D eigenvalue weighted by molar-refractivity contribution is 5.70. The largest absolute Gasteiger partial charge is 0.481 e. The molecule has 0 aromatic carbocycles. The van der Waals surface area contributed by atoms with Gasteiger partial charge >= 0.3 is 12.1 Å². The van der Waals surface area contributed by atoms with Crippen molar-refractivity contribution in [1.82, 2.24) is 0 Å². The Balaban J connectivity index is 2.54. The van der Waals surface area contributed by atoms with Crippen molar-refractivity contribution in [1.29, 1.82) is 0 Å². The number of aliphatic carboxylic acids is 1. The van der Waals surface area contributed by atoms with Gasteiger partial charge in [-0.1, -0.05) is 32.1 Å². The lowest BCUT2D eigenvalue weighted by atomic mass is 9.82. The highest BCUT2D eigenvalue weighted by Crippen LogP contribution is 2.36. The predicted octanol–water partition coefficient (Wildman–Crippen LogP) is 3.22. The van der Waals surface area contributed by atoms with E-state index in [1.165, 1.54) is 0 Å². The molecular weight excluding hydrogens is 209 g/mol. The van der Waals surface area contributed by atoms with Gasteiger partial charge in [0.15, 0.2) is 5.92 Å². The molecule has 1 aliphatic rings.